The van der Waals surface area contributed by atoms with Crippen molar-refractivity contribution in [2.45, 2.75) is 31.7 Å². The van der Waals surface area contributed by atoms with Crippen LogP contribution in [-0.4, -0.2) is 33.0 Å². The molecule has 0 aliphatic carbocycles. The zero-order chi connectivity index (χ0) is 29.4. The van der Waals surface area contributed by atoms with Crippen molar-refractivity contribution in [3.63, 3.8) is 0 Å². The van der Waals surface area contributed by atoms with E-state index in [1.807, 2.05) is 0 Å². The summed E-state index contributed by atoms with van der Waals surface area (Å²) in [5.41, 5.74) is -0.863. The fourth-order valence-corrected chi connectivity index (χ4v) is 4.02. The standard InChI is InChI=1S/C26H17F8N5O2/c27-19-4-1-3-17(23(19)28)24-36-21-11-35-39(13-22(21)37-24)12-15-10-20(38-41-15)16-6-5-14(9-18(16)26(32,33)34)40-8-2-7-25(29,30)31/h1,3-6,9-11,13H,2,7-8,12H2/p+1. The van der Waals surface area contributed by atoms with E-state index in [1.54, 1.807) is 0 Å². The van der Waals surface area contributed by atoms with Crippen LogP contribution < -0.4 is 9.42 Å². The summed E-state index contributed by atoms with van der Waals surface area (Å²) in [6.45, 7) is -0.457. The van der Waals surface area contributed by atoms with Crippen LogP contribution in [0.1, 0.15) is 24.2 Å². The van der Waals surface area contributed by atoms with Gasteiger partial charge in [-0.05, 0) is 41.9 Å². The molecule has 0 fully saturated rings. The summed E-state index contributed by atoms with van der Waals surface area (Å²) < 4.78 is 118. The Balaban J connectivity index is 1.34. The monoisotopic (exact) mass is 584 g/mol. The van der Waals surface area contributed by atoms with E-state index in [4.69, 9.17) is 9.26 Å². The normalized spacial score (nSPS) is 12.3. The Morgan fingerprint density at radius 1 is 0.976 bits per heavy atom. The average Bonchev–Trinajstić information content (AvgIpc) is 3.54. The number of imidazole rings is 1. The third-order valence-electron chi connectivity index (χ3n) is 5.90. The molecule has 7 nitrogen and oxygen atoms in total. The van der Waals surface area contributed by atoms with Gasteiger partial charge in [0.1, 0.15) is 34.5 Å². The van der Waals surface area contributed by atoms with Crippen LogP contribution in [-0.2, 0) is 12.7 Å². The fraction of sp³-hybridized carbons (Fsp3) is 0.231. The molecule has 3 heterocycles. The SMILES string of the molecule is Fc1cccc(-c2nc3cn[n+](Cc4cc(-c5ccc(OCCCC(F)(F)F)cc5C(F)(F)F)no4)cc3[nH]2)c1F. The van der Waals surface area contributed by atoms with Crippen LogP contribution in [0.4, 0.5) is 35.1 Å². The number of nitrogens with one attached hydrogen (secondary N) is 1. The Labute approximate surface area is 225 Å². The summed E-state index contributed by atoms with van der Waals surface area (Å²) in [4.78, 5) is 7.08. The molecule has 15 heteroatoms. The first-order chi connectivity index (χ1) is 19.4. The van der Waals surface area contributed by atoms with E-state index < -0.39 is 49.0 Å². The highest BCUT2D eigenvalue weighted by molar-refractivity contribution is 5.77. The molecule has 41 heavy (non-hydrogen) atoms. The molecule has 0 atom stereocenters. The molecule has 0 amide bonds. The van der Waals surface area contributed by atoms with Gasteiger partial charge in [0, 0.05) is 18.1 Å². The van der Waals surface area contributed by atoms with Gasteiger partial charge in [0.25, 0.3) is 0 Å². The summed E-state index contributed by atoms with van der Waals surface area (Å²) in [6, 6.07) is 7.95. The molecule has 3 aromatic heterocycles. The highest BCUT2D eigenvalue weighted by Gasteiger charge is 2.35. The molecule has 0 saturated carbocycles. The molecule has 2 aromatic carbocycles. The smallest absolute Gasteiger partial charge is 0.417 e. The van der Waals surface area contributed by atoms with Crippen molar-refractivity contribution >= 4 is 11.0 Å². The van der Waals surface area contributed by atoms with E-state index >= 15 is 0 Å². The van der Waals surface area contributed by atoms with Crippen molar-refractivity contribution < 1.29 is 49.1 Å². The Bertz CT molecular complexity index is 1690. The molecular formula is C26H18F8N5O2+. The molecule has 5 rings (SSSR count). The van der Waals surface area contributed by atoms with Crippen molar-refractivity contribution in [3.05, 3.63) is 77.8 Å². The third-order valence-corrected chi connectivity index (χ3v) is 5.90. The highest BCUT2D eigenvalue weighted by atomic mass is 19.4. The Morgan fingerprint density at radius 3 is 2.54 bits per heavy atom. The summed E-state index contributed by atoms with van der Waals surface area (Å²) in [7, 11) is 0. The van der Waals surface area contributed by atoms with Crippen molar-refractivity contribution in [2.75, 3.05) is 6.61 Å². The zero-order valence-electron chi connectivity index (χ0n) is 20.7. The minimum absolute atomic E-state index is 0.0482. The second kappa shape index (κ2) is 10.8. The maximum atomic E-state index is 14.2. The second-order valence-electron chi connectivity index (χ2n) is 8.91. The molecular weight excluding hydrogens is 566 g/mol. The number of fused-ring (bicyclic) bond motifs is 1. The number of ether oxygens (including phenoxy) is 1. The molecule has 0 aliphatic heterocycles. The Morgan fingerprint density at radius 2 is 1.78 bits per heavy atom. The van der Waals surface area contributed by atoms with Gasteiger partial charge >= 0.3 is 12.4 Å². The van der Waals surface area contributed by atoms with Gasteiger partial charge in [-0.2, -0.15) is 26.3 Å². The van der Waals surface area contributed by atoms with Gasteiger partial charge in [-0.1, -0.05) is 15.9 Å². The lowest BCUT2D eigenvalue weighted by Gasteiger charge is -2.14. The number of aromatic amines is 1. The van der Waals surface area contributed by atoms with E-state index in [1.165, 1.54) is 41.3 Å². The molecule has 0 aliphatic rings. The zero-order valence-corrected chi connectivity index (χ0v) is 20.7. The van der Waals surface area contributed by atoms with Gasteiger partial charge in [0.15, 0.2) is 11.6 Å². The van der Waals surface area contributed by atoms with Gasteiger partial charge in [0.05, 0.1) is 17.7 Å². The van der Waals surface area contributed by atoms with Gasteiger partial charge < -0.3 is 14.2 Å². The summed E-state index contributed by atoms with van der Waals surface area (Å²) in [6.07, 6.45) is -7.88. The number of hydrogen-bond acceptors (Lipinski definition) is 5. The van der Waals surface area contributed by atoms with E-state index in [2.05, 4.69) is 20.2 Å². The van der Waals surface area contributed by atoms with Crippen LogP contribution in [0.3, 0.4) is 0 Å². The average molecular weight is 584 g/mol. The topological polar surface area (TPSA) is 80.7 Å². The van der Waals surface area contributed by atoms with E-state index in [0.29, 0.717) is 17.1 Å². The van der Waals surface area contributed by atoms with Gasteiger partial charge in [-0.25, -0.2) is 13.8 Å². The number of rotatable bonds is 8. The van der Waals surface area contributed by atoms with E-state index in [0.717, 1.165) is 12.1 Å². The number of H-pyrrole nitrogens is 1. The number of halogens is 8. The number of benzene rings is 2. The molecule has 0 bridgehead atoms. The minimum atomic E-state index is -4.82. The maximum Gasteiger partial charge on any atom is 0.417 e. The number of hydrogen-bond donors (Lipinski definition) is 1. The van der Waals surface area contributed by atoms with Crippen LogP contribution >= 0.6 is 0 Å². The summed E-state index contributed by atoms with van der Waals surface area (Å²) in [5.74, 6) is -2.12. The van der Waals surface area contributed by atoms with Gasteiger partial charge in [-0.3, -0.25) is 0 Å². The quantitative estimate of drug-likeness (QED) is 0.126. The van der Waals surface area contributed by atoms with Crippen molar-refractivity contribution in [1.82, 2.24) is 20.2 Å². The van der Waals surface area contributed by atoms with Crippen LogP contribution in [0.15, 0.2) is 59.4 Å². The van der Waals surface area contributed by atoms with Gasteiger partial charge in [0.2, 0.25) is 18.5 Å². The van der Waals surface area contributed by atoms with Crippen molar-refractivity contribution in [3.8, 4) is 28.4 Å². The minimum Gasteiger partial charge on any atom is -0.494 e. The molecule has 0 saturated heterocycles. The van der Waals surface area contributed by atoms with Crippen molar-refractivity contribution in [1.29, 1.82) is 0 Å². The first kappa shape index (κ1) is 28.0. The predicted octanol–water partition coefficient (Wildman–Crippen LogP) is 6.63. The molecule has 5 aromatic rings. The lowest BCUT2D eigenvalue weighted by molar-refractivity contribution is -0.746. The van der Waals surface area contributed by atoms with E-state index in [-0.39, 0.29) is 40.7 Å². The lowest BCUT2D eigenvalue weighted by atomic mass is 10.0. The van der Waals surface area contributed by atoms with Crippen LogP contribution in [0, 0.1) is 11.6 Å². The summed E-state index contributed by atoms with van der Waals surface area (Å²) in [5, 5.41) is 7.90. The Kier molecular flexibility index (Phi) is 7.36. The predicted molar refractivity (Wildman–Crippen MR) is 126 cm³/mol. The second-order valence-corrected chi connectivity index (χ2v) is 8.91. The third kappa shape index (κ3) is 6.44. The lowest BCUT2D eigenvalue weighted by Crippen LogP contribution is -2.37. The van der Waals surface area contributed by atoms with Crippen LogP contribution in [0.5, 0.6) is 5.75 Å². The van der Waals surface area contributed by atoms with Crippen LogP contribution in [0.2, 0.25) is 0 Å². The first-order valence-corrected chi connectivity index (χ1v) is 11.9. The largest absolute Gasteiger partial charge is 0.494 e. The molecule has 214 valence electrons. The molecule has 0 radical (unpaired) electrons. The fourth-order valence-electron chi connectivity index (χ4n) is 4.02. The molecule has 0 unspecified atom stereocenters. The number of nitrogens with zero attached hydrogens (tertiary/aromatic N) is 4. The molecule has 1 N–H and O–H groups in total. The van der Waals surface area contributed by atoms with Gasteiger partial charge in [-0.15, -0.1) is 0 Å². The maximum absolute atomic E-state index is 14.2. The number of alkyl halides is 6. The van der Waals surface area contributed by atoms with Crippen LogP contribution in [0.25, 0.3) is 33.7 Å². The number of aromatic nitrogens is 5. The first-order valence-electron chi connectivity index (χ1n) is 11.9. The van der Waals surface area contributed by atoms with Crippen molar-refractivity contribution in [2.24, 2.45) is 0 Å². The van der Waals surface area contributed by atoms with E-state index in [9.17, 15) is 35.1 Å². The molecule has 0 spiro atoms. The summed E-state index contributed by atoms with van der Waals surface area (Å²) >= 11 is 0. The highest BCUT2D eigenvalue weighted by Crippen LogP contribution is 2.39. The Hall–Kier alpha value is -4.56.